The van der Waals surface area contributed by atoms with Crippen LogP contribution in [0.1, 0.15) is 37.3 Å². The predicted octanol–water partition coefficient (Wildman–Crippen LogP) is 2.60. The van der Waals surface area contributed by atoms with E-state index in [1.54, 1.807) is 18.9 Å². The van der Waals surface area contributed by atoms with Gasteiger partial charge in [0, 0.05) is 13.6 Å². The fraction of sp³-hybridized carbons (Fsp3) is 0.529. The van der Waals surface area contributed by atoms with Crippen LogP contribution in [0.3, 0.4) is 0 Å². The number of carbonyl (C=O) groups is 2. The molecule has 1 atom stereocenters. The molecule has 1 aliphatic carbocycles. The Balaban J connectivity index is 2.20. The lowest BCUT2D eigenvalue weighted by atomic mass is 9.63. The molecule has 1 fully saturated rings. The van der Waals surface area contributed by atoms with E-state index in [0.717, 1.165) is 30.4 Å². The van der Waals surface area contributed by atoms with Gasteiger partial charge in [-0.1, -0.05) is 43.2 Å². The van der Waals surface area contributed by atoms with Gasteiger partial charge in [0.25, 0.3) is 0 Å². The molecular formula is C17H23NO3. The number of aryl methyl sites for hydroxylation is 1. The van der Waals surface area contributed by atoms with Gasteiger partial charge in [-0.2, -0.15) is 0 Å². The maximum absolute atomic E-state index is 12.9. The van der Waals surface area contributed by atoms with Crippen molar-refractivity contribution < 1.29 is 14.7 Å². The molecule has 0 bridgehead atoms. The summed E-state index contributed by atoms with van der Waals surface area (Å²) >= 11 is 0. The van der Waals surface area contributed by atoms with E-state index in [1.807, 2.05) is 25.1 Å². The maximum Gasteiger partial charge on any atom is 0.308 e. The number of likely N-dealkylation sites (N-methyl/N-ethyl adjacent to an activating group) is 1. The Hall–Kier alpha value is -1.84. The van der Waals surface area contributed by atoms with Crippen molar-refractivity contribution in [3.63, 3.8) is 0 Å². The number of aliphatic carboxylic acids is 1. The quantitative estimate of drug-likeness (QED) is 0.906. The molecule has 0 aromatic heterocycles. The first kappa shape index (κ1) is 15.5. The molecule has 1 amide bonds. The van der Waals surface area contributed by atoms with Crippen LogP contribution in [-0.4, -0.2) is 35.5 Å². The van der Waals surface area contributed by atoms with Gasteiger partial charge in [-0.25, -0.2) is 0 Å². The molecule has 114 valence electrons. The van der Waals surface area contributed by atoms with Gasteiger partial charge >= 0.3 is 5.97 Å². The van der Waals surface area contributed by atoms with E-state index in [2.05, 4.69) is 6.07 Å². The molecule has 21 heavy (non-hydrogen) atoms. The van der Waals surface area contributed by atoms with Gasteiger partial charge in [-0.05, 0) is 25.3 Å². The van der Waals surface area contributed by atoms with E-state index in [4.69, 9.17) is 5.11 Å². The van der Waals surface area contributed by atoms with Crippen LogP contribution < -0.4 is 0 Å². The van der Waals surface area contributed by atoms with Gasteiger partial charge in [0.15, 0.2) is 0 Å². The number of benzene rings is 1. The minimum atomic E-state index is -0.868. The van der Waals surface area contributed by atoms with Crippen molar-refractivity contribution in [3.05, 3.63) is 35.4 Å². The Morgan fingerprint density at radius 3 is 2.52 bits per heavy atom. The number of rotatable bonds is 5. The molecular weight excluding hydrogens is 266 g/mol. The molecule has 0 aliphatic heterocycles. The topological polar surface area (TPSA) is 57.6 Å². The summed E-state index contributed by atoms with van der Waals surface area (Å²) in [5.41, 5.74) is 1.76. The van der Waals surface area contributed by atoms with E-state index >= 15 is 0 Å². The first-order chi connectivity index (χ1) is 9.86. The van der Waals surface area contributed by atoms with Crippen molar-refractivity contribution in [2.24, 2.45) is 5.92 Å². The molecule has 1 aromatic rings. The number of hydrogen-bond acceptors (Lipinski definition) is 2. The van der Waals surface area contributed by atoms with E-state index in [1.165, 1.54) is 0 Å². The molecule has 0 spiro atoms. The number of carboxylic acids is 1. The summed E-state index contributed by atoms with van der Waals surface area (Å²) in [6.45, 7) is 3.91. The van der Waals surface area contributed by atoms with Gasteiger partial charge in [-0.15, -0.1) is 0 Å². The van der Waals surface area contributed by atoms with E-state index in [9.17, 15) is 9.59 Å². The summed E-state index contributed by atoms with van der Waals surface area (Å²) in [5, 5.41) is 9.00. The normalized spacial score (nSPS) is 17.7. The molecule has 0 heterocycles. The summed E-state index contributed by atoms with van der Waals surface area (Å²) in [6, 6.07) is 8.10. The lowest BCUT2D eigenvalue weighted by Gasteiger charge is -2.43. The van der Waals surface area contributed by atoms with Crippen LogP contribution in [-0.2, 0) is 15.0 Å². The molecule has 1 saturated carbocycles. The number of carbonyl (C=O) groups excluding carboxylic acids is 1. The molecule has 0 saturated heterocycles. The first-order valence-corrected chi connectivity index (χ1v) is 7.42. The lowest BCUT2D eigenvalue weighted by molar-refractivity contribution is -0.145. The van der Waals surface area contributed by atoms with Crippen molar-refractivity contribution in [2.75, 3.05) is 13.6 Å². The third-order valence-electron chi connectivity index (χ3n) is 4.50. The summed E-state index contributed by atoms with van der Waals surface area (Å²) < 4.78 is 0. The monoisotopic (exact) mass is 289 g/mol. The summed E-state index contributed by atoms with van der Waals surface area (Å²) in [5.74, 6) is -1.37. The summed E-state index contributed by atoms with van der Waals surface area (Å²) in [4.78, 5) is 25.4. The highest BCUT2D eigenvalue weighted by Gasteiger charge is 2.47. The molecule has 1 unspecified atom stereocenters. The molecule has 4 heteroatoms. The van der Waals surface area contributed by atoms with Crippen LogP contribution in [0.4, 0.5) is 0 Å². The van der Waals surface area contributed by atoms with Crippen LogP contribution in [0.25, 0.3) is 0 Å². The summed E-state index contributed by atoms with van der Waals surface area (Å²) in [6.07, 6.45) is 2.74. The highest BCUT2D eigenvalue weighted by molar-refractivity contribution is 5.89. The van der Waals surface area contributed by atoms with Crippen molar-refractivity contribution in [1.82, 2.24) is 4.90 Å². The second-order valence-corrected chi connectivity index (χ2v) is 6.23. The van der Waals surface area contributed by atoms with E-state index in [-0.39, 0.29) is 12.5 Å². The van der Waals surface area contributed by atoms with E-state index in [0.29, 0.717) is 0 Å². The highest BCUT2D eigenvalue weighted by Crippen LogP contribution is 2.45. The second kappa shape index (κ2) is 5.88. The Morgan fingerprint density at radius 2 is 2.05 bits per heavy atom. The Bertz CT molecular complexity index is 549. The van der Waals surface area contributed by atoms with Gasteiger partial charge in [0.2, 0.25) is 5.91 Å². The number of hydrogen-bond donors (Lipinski definition) is 1. The molecule has 1 N–H and O–H groups in total. The number of nitrogens with zero attached hydrogens (tertiary/aromatic N) is 1. The van der Waals surface area contributed by atoms with Crippen molar-refractivity contribution >= 4 is 11.9 Å². The van der Waals surface area contributed by atoms with Crippen LogP contribution >= 0.6 is 0 Å². The van der Waals surface area contributed by atoms with Crippen molar-refractivity contribution in [2.45, 2.75) is 38.5 Å². The molecule has 1 aromatic carbocycles. The Labute approximate surface area is 125 Å². The predicted molar refractivity (Wildman–Crippen MR) is 81.1 cm³/mol. The fourth-order valence-corrected chi connectivity index (χ4v) is 3.04. The van der Waals surface area contributed by atoms with Crippen molar-refractivity contribution in [3.8, 4) is 0 Å². The number of carboxylic acid groups (broad SMARTS) is 1. The zero-order valence-corrected chi connectivity index (χ0v) is 12.9. The van der Waals surface area contributed by atoms with Crippen LogP contribution in [0.15, 0.2) is 24.3 Å². The summed E-state index contributed by atoms with van der Waals surface area (Å²) in [7, 11) is 1.71. The van der Waals surface area contributed by atoms with Crippen molar-refractivity contribution in [1.29, 1.82) is 0 Å². The number of amides is 1. The lowest BCUT2D eigenvalue weighted by Crippen LogP contribution is -2.51. The Kier molecular flexibility index (Phi) is 4.35. The zero-order chi connectivity index (χ0) is 15.6. The molecule has 4 nitrogen and oxygen atoms in total. The van der Waals surface area contributed by atoms with Gasteiger partial charge < -0.3 is 10.0 Å². The minimum absolute atomic E-state index is 0.0486. The average Bonchev–Trinajstić information content (AvgIpc) is 2.37. The molecule has 1 aliphatic rings. The van der Waals surface area contributed by atoms with Gasteiger partial charge in [-0.3, -0.25) is 9.59 Å². The van der Waals surface area contributed by atoms with Gasteiger partial charge in [0.05, 0.1) is 11.3 Å². The Morgan fingerprint density at radius 1 is 1.38 bits per heavy atom. The second-order valence-electron chi connectivity index (χ2n) is 6.23. The fourth-order valence-electron chi connectivity index (χ4n) is 3.04. The highest BCUT2D eigenvalue weighted by atomic mass is 16.4. The van der Waals surface area contributed by atoms with Crippen LogP contribution in [0, 0.1) is 12.8 Å². The molecule has 0 radical (unpaired) electrons. The molecule has 2 rings (SSSR count). The maximum atomic E-state index is 12.9. The first-order valence-electron chi connectivity index (χ1n) is 7.42. The third kappa shape index (κ3) is 2.94. The van der Waals surface area contributed by atoms with Gasteiger partial charge in [0.1, 0.15) is 0 Å². The zero-order valence-electron chi connectivity index (χ0n) is 12.9. The SMILES string of the molecule is Cc1cccc(C2(C(=O)N(C)CC(C)C(=O)O)CCC2)c1. The standard InChI is InChI=1S/C17H23NO3/c1-12-6-4-7-14(10-12)17(8-5-9-17)16(21)18(3)11-13(2)15(19)20/h4,6-7,10,13H,5,8-9,11H2,1-3H3,(H,19,20). The van der Waals surface area contributed by atoms with Crippen LogP contribution in [0.5, 0.6) is 0 Å². The smallest absolute Gasteiger partial charge is 0.308 e. The minimum Gasteiger partial charge on any atom is -0.481 e. The van der Waals surface area contributed by atoms with E-state index < -0.39 is 17.3 Å². The van der Waals surface area contributed by atoms with Crippen LogP contribution in [0.2, 0.25) is 0 Å². The largest absolute Gasteiger partial charge is 0.481 e. The third-order valence-corrected chi connectivity index (χ3v) is 4.50. The average molecular weight is 289 g/mol.